The molecular formula is C19H20N4O3. The van der Waals surface area contributed by atoms with Gasteiger partial charge in [-0.15, -0.1) is 0 Å². The van der Waals surface area contributed by atoms with Gasteiger partial charge in [-0.3, -0.25) is 9.59 Å². The van der Waals surface area contributed by atoms with E-state index in [4.69, 9.17) is 10.2 Å². The van der Waals surface area contributed by atoms with Crippen molar-refractivity contribution in [1.29, 1.82) is 0 Å². The molecule has 0 aliphatic carbocycles. The third-order valence-corrected chi connectivity index (χ3v) is 4.16. The predicted octanol–water partition coefficient (Wildman–Crippen LogP) is 3.03. The molecule has 0 spiro atoms. The molecule has 7 nitrogen and oxygen atoms in total. The second-order valence-corrected chi connectivity index (χ2v) is 5.70. The van der Waals surface area contributed by atoms with E-state index in [2.05, 4.69) is 15.2 Å². The van der Waals surface area contributed by atoms with E-state index in [9.17, 15) is 9.59 Å². The minimum Gasteiger partial charge on any atom is -0.449 e. The molecule has 2 heterocycles. The molecule has 26 heavy (non-hydrogen) atoms. The average Bonchev–Trinajstić information content (AvgIpc) is 3.02. The van der Waals surface area contributed by atoms with Gasteiger partial charge in [0, 0.05) is 24.7 Å². The fourth-order valence-corrected chi connectivity index (χ4v) is 2.78. The maximum atomic E-state index is 12.6. The topological polar surface area (TPSA) is 101 Å². The Bertz CT molecular complexity index is 943. The number of anilines is 2. The first-order valence-corrected chi connectivity index (χ1v) is 8.38. The number of rotatable bonds is 6. The van der Waals surface area contributed by atoms with E-state index >= 15 is 0 Å². The number of carbonyl (C=O) groups excluding carboxylic acids is 2. The van der Waals surface area contributed by atoms with Crippen molar-refractivity contribution >= 4 is 34.3 Å². The van der Waals surface area contributed by atoms with E-state index in [0.29, 0.717) is 16.5 Å². The average molecular weight is 352 g/mol. The summed E-state index contributed by atoms with van der Waals surface area (Å²) in [6.45, 7) is 5.75. The molecule has 3 rings (SSSR count). The lowest BCUT2D eigenvalue weighted by molar-refractivity contribution is 0.0977. The molecular weight excluding hydrogens is 332 g/mol. The fourth-order valence-electron chi connectivity index (χ4n) is 2.78. The van der Waals surface area contributed by atoms with Crippen LogP contribution < -0.4 is 16.0 Å². The number of aromatic nitrogens is 1. The van der Waals surface area contributed by atoms with Crippen molar-refractivity contribution in [3.63, 3.8) is 0 Å². The molecule has 7 heteroatoms. The zero-order valence-electron chi connectivity index (χ0n) is 14.7. The number of benzene rings is 1. The minimum absolute atomic E-state index is 0.0766. The first-order chi connectivity index (χ1) is 12.5. The summed E-state index contributed by atoms with van der Waals surface area (Å²) in [5.74, 6) is -0.408. The molecule has 3 aromatic rings. The Labute approximate surface area is 150 Å². The number of para-hydroxylation sites is 1. The molecule has 0 aliphatic heterocycles. The Balaban J connectivity index is 1.90. The number of furan rings is 1. The van der Waals surface area contributed by atoms with Gasteiger partial charge in [0.1, 0.15) is 17.1 Å². The van der Waals surface area contributed by atoms with Gasteiger partial charge in [0.15, 0.2) is 0 Å². The number of hydrogen-bond acceptors (Lipinski definition) is 5. The SMILES string of the molecule is CCN(CC)c1ccc(C(=O)Nc2c(C(N)=O)oc3ccccc23)cn1. The van der Waals surface area contributed by atoms with Crippen LogP contribution in [0.4, 0.5) is 11.5 Å². The highest BCUT2D eigenvalue weighted by Crippen LogP contribution is 2.31. The van der Waals surface area contributed by atoms with Crippen LogP contribution in [-0.2, 0) is 0 Å². The third kappa shape index (κ3) is 3.23. The van der Waals surface area contributed by atoms with Crippen LogP contribution in [0.3, 0.4) is 0 Å². The number of nitrogens with one attached hydrogen (secondary N) is 1. The quantitative estimate of drug-likeness (QED) is 0.710. The number of fused-ring (bicyclic) bond motifs is 1. The molecule has 134 valence electrons. The fraction of sp³-hybridized carbons (Fsp3) is 0.211. The standard InChI is InChI=1S/C19H20N4O3/c1-3-23(4-2)15-10-9-12(11-21-15)19(25)22-16-13-7-5-6-8-14(13)26-17(16)18(20)24/h5-11H,3-4H2,1-2H3,(H2,20,24)(H,22,25). The lowest BCUT2D eigenvalue weighted by Crippen LogP contribution is -2.23. The summed E-state index contributed by atoms with van der Waals surface area (Å²) in [6.07, 6.45) is 1.51. The van der Waals surface area contributed by atoms with Gasteiger partial charge in [-0.2, -0.15) is 0 Å². The molecule has 0 bridgehead atoms. The van der Waals surface area contributed by atoms with Gasteiger partial charge in [-0.05, 0) is 38.1 Å². The molecule has 2 aromatic heterocycles. The number of amides is 2. The summed E-state index contributed by atoms with van der Waals surface area (Å²) < 4.78 is 5.47. The van der Waals surface area contributed by atoms with Crippen molar-refractivity contribution in [2.75, 3.05) is 23.3 Å². The number of nitrogens with zero attached hydrogens (tertiary/aromatic N) is 2. The number of carbonyl (C=O) groups is 2. The molecule has 1 aromatic carbocycles. The first-order valence-electron chi connectivity index (χ1n) is 8.38. The zero-order valence-corrected chi connectivity index (χ0v) is 14.7. The molecule has 0 unspecified atom stereocenters. The number of pyridine rings is 1. The van der Waals surface area contributed by atoms with Gasteiger partial charge in [-0.25, -0.2) is 4.98 Å². The summed E-state index contributed by atoms with van der Waals surface area (Å²) in [5, 5.41) is 3.33. The van der Waals surface area contributed by atoms with E-state index in [1.54, 1.807) is 36.4 Å². The van der Waals surface area contributed by atoms with Crippen LogP contribution in [-0.4, -0.2) is 29.9 Å². The Hall–Kier alpha value is -3.35. The van der Waals surface area contributed by atoms with Crippen molar-refractivity contribution in [2.24, 2.45) is 5.73 Å². The Kier molecular flexibility index (Phi) is 4.88. The first kappa shape index (κ1) is 17.5. The second-order valence-electron chi connectivity index (χ2n) is 5.70. The highest BCUT2D eigenvalue weighted by atomic mass is 16.3. The van der Waals surface area contributed by atoms with Crippen molar-refractivity contribution in [1.82, 2.24) is 4.98 Å². The van der Waals surface area contributed by atoms with Crippen LogP contribution in [0.15, 0.2) is 47.0 Å². The third-order valence-electron chi connectivity index (χ3n) is 4.16. The van der Waals surface area contributed by atoms with Crippen molar-refractivity contribution < 1.29 is 14.0 Å². The zero-order chi connectivity index (χ0) is 18.7. The molecule has 0 atom stereocenters. The van der Waals surface area contributed by atoms with Crippen LogP contribution in [0, 0.1) is 0 Å². The van der Waals surface area contributed by atoms with Gasteiger partial charge in [0.25, 0.3) is 11.8 Å². The van der Waals surface area contributed by atoms with Crippen molar-refractivity contribution in [2.45, 2.75) is 13.8 Å². The molecule has 0 radical (unpaired) electrons. The van der Waals surface area contributed by atoms with E-state index in [1.165, 1.54) is 6.20 Å². The molecule has 0 aliphatic rings. The largest absolute Gasteiger partial charge is 0.449 e. The Morgan fingerprint density at radius 2 is 1.88 bits per heavy atom. The number of primary amides is 1. The second kappa shape index (κ2) is 7.26. The summed E-state index contributed by atoms with van der Waals surface area (Å²) in [6, 6.07) is 10.5. The lowest BCUT2D eigenvalue weighted by Gasteiger charge is -2.19. The normalized spacial score (nSPS) is 10.7. The van der Waals surface area contributed by atoms with E-state index in [-0.39, 0.29) is 11.4 Å². The van der Waals surface area contributed by atoms with Crippen LogP contribution in [0.1, 0.15) is 34.8 Å². The van der Waals surface area contributed by atoms with Gasteiger partial charge in [0.2, 0.25) is 5.76 Å². The van der Waals surface area contributed by atoms with Crippen LogP contribution in [0.25, 0.3) is 11.0 Å². The summed E-state index contributed by atoms with van der Waals surface area (Å²) in [7, 11) is 0. The molecule has 0 saturated heterocycles. The van der Waals surface area contributed by atoms with Gasteiger partial charge >= 0.3 is 0 Å². The summed E-state index contributed by atoms with van der Waals surface area (Å²) in [5.41, 5.74) is 6.50. The Morgan fingerprint density at radius 3 is 2.50 bits per heavy atom. The van der Waals surface area contributed by atoms with Gasteiger partial charge in [0.05, 0.1) is 5.56 Å². The lowest BCUT2D eigenvalue weighted by atomic mass is 10.2. The minimum atomic E-state index is -0.744. The van der Waals surface area contributed by atoms with Crippen LogP contribution in [0.2, 0.25) is 0 Å². The van der Waals surface area contributed by atoms with Gasteiger partial charge in [-0.1, -0.05) is 12.1 Å². The van der Waals surface area contributed by atoms with Crippen molar-refractivity contribution in [3.05, 3.63) is 53.9 Å². The summed E-state index contributed by atoms with van der Waals surface area (Å²) >= 11 is 0. The molecule has 0 saturated carbocycles. The smallest absolute Gasteiger partial charge is 0.286 e. The van der Waals surface area contributed by atoms with Crippen LogP contribution in [0.5, 0.6) is 0 Å². The highest BCUT2D eigenvalue weighted by Gasteiger charge is 2.21. The number of nitrogens with two attached hydrogens (primary N) is 1. The maximum Gasteiger partial charge on any atom is 0.286 e. The molecule has 0 fully saturated rings. The van der Waals surface area contributed by atoms with Crippen molar-refractivity contribution in [3.8, 4) is 0 Å². The van der Waals surface area contributed by atoms with Crippen LogP contribution >= 0.6 is 0 Å². The van der Waals surface area contributed by atoms with E-state index < -0.39 is 11.8 Å². The maximum absolute atomic E-state index is 12.6. The van der Waals surface area contributed by atoms with Gasteiger partial charge < -0.3 is 20.4 Å². The monoisotopic (exact) mass is 352 g/mol. The number of hydrogen-bond donors (Lipinski definition) is 2. The highest BCUT2D eigenvalue weighted by molar-refractivity contribution is 6.14. The predicted molar refractivity (Wildman–Crippen MR) is 100 cm³/mol. The Morgan fingerprint density at radius 1 is 1.15 bits per heavy atom. The van der Waals surface area contributed by atoms with E-state index in [1.807, 2.05) is 13.8 Å². The molecule has 2 amide bonds. The summed E-state index contributed by atoms with van der Waals surface area (Å²) in [4.78, 5) is 30.7. The van der Waals surface area contributed by atoms with E-state index in [0.717, 1.165) is 18.9 Å². The molecule has 3 N–H and O–H groups in total.